The van der Waals surface area contributed by atoms with E-state index in [-0.39, 0.29) is 23.7 Å². The van der Waals surface area contributed by atoms with Crippen molar-refractivity contribution < 1.29 is 18.7 Å². The van der Waals surface area contributed by atoms with E-state index in [2.05, 4.69) is 15.7 Å². The maximum atomic E-state index is 13.4. The molecule has 0 aliphatic heterocycles. The van der Waals surface area contributed by atoms with Gasteiger partial charge in [0.05, 0.1) is 7.11 Å². The van der Waals surface area contributed by atoms with E-state index in [0.29, 0.717) is 11.4 Å². The smallest absolute Gasteiger partial charge is 0.272 e. The molecule has 1 aromatic heterocycles. The van der Waals surface area contributed by atoms with E-state index in [4.69, 9.17) is 4.74 Å². The fraction of sp³-hybridized carbons (Fsp3) is 0.115. The highest BCUT2D eigenvalue weighted by Crippen LogP contribution is 2.23. The number of aryl methyl sites for hydroxylation is 1. The van der Waals surface area contributed by atoms with Crippen molar-refractivity contribution in [1.29, 1.82) is 0 Å². The summed E-state index contributed by atoms with van der Waals surface area (Å²) in [7, 11) is 1.58. The first-order chi connectivity index (χ1) is 16.4. The Bertz CT molecular complexity index is 1350. The molecule has 172 valence electrons. The normalized spacial score (nSPS) is 10.6. The Morgan fingerprint density at radius 3 is 2.62 bits per heavy atom. The molecule has 0 atom stereocenters. The third kappa shape index (κ3) is 5.29. The van der Waals surface area contributed by atoms with Crippen LogP contribution in [0, 0.1) is 12.7 Å². The maximum Gasteiger partial charge on any atom is 0.272 e. The van der Waals surface area contributed by atoms with Crippen LogP contribution in [0.2, 0.25) is 0 Å². The van der Waals surface area contributed by atoms with Crippen LogP contribution in [0.25, 0.3) is 5.69 Å². The van der Waals surface area contributed by atoms with Crippen molar-refractivity contribution in [3.63, 3.8) is 0 Å². The molecule has 2 N–H and O–H groups in total. The molecule has 0 fully saturated rings. The molecule has 8 heteroatoms. The quantitative estimate of drug-likeness (QED) is 0.427. The number of amides is 2. The van der Waals surface area contributed by atoms with Gasteiger partial charge >= 0.3 is 0 Å². The summed E-state index contributed by atoms with van der Waals surface area (Å²) in [6.07, 6.45) is 1.70. The zero-order valence-electron chi connectivity index (χ0n) is 18.7. The fourth-order valence-corrected chi connectivity index (χ4v) is 3.42. The number of carbonyl (C=O) groups is 2. The lowest BCUT2D eigenvalue weighted by Crippen LogP contribution is -2.23. The van der Waals surface area contributed by atoms with Crippen LogP contribution in [0.4, 0.5) is 10.1 Å². The molecule has 0 aliphatic carbocycles. The third-order valence-corrected chi connectivity index (χ3v) is 5.13. The van der Waals surface area contributed by atoms with Gasteiger partial charge < -0.3 is 15.4 Å². The van der Waals surface area contributed by atoms with E-state index in [1.54, 1.807) is 42.3 Å². The molecule has 1 heterocycles. The third-order valence-electron chi connectivity index (χ3n) is 5.13. The molecule has 0 saturated heterocycles. The Morgan fingerprint density at radius 2 is 1.82 bits per heavy atom. The standard InChI is InChI=1S/C26H23FN4O3/c1-17-9-10-24(34-2)23(13-17)31-12-11-22(30-31)26(33)28-16-18-5-3-8-21(14-18)29-25(32)19-6-4-7-20(27)15-19/h3-15H,16H2,1-2H3,(H,28,33)(H,29,32). The van der Waals surface area contributed by atoms with Crippen molar-refractivity contribution in [2.24, 2.45) is 0 Å². The highest BCUT2D eigenvalue weighted by atomic mass is 19.1. The Balaban J connectivity index is 1.40. The van der Waals surface area contributed by atoms with E-state index >= 15 is 0 Å². The minimum Gasteiger partial charge on any atom is -0.494 e. The van der Waals surface area contributed by atoms with E-state index in [0.717, 1.165) is 16.8 Å². The first-order valence-corrected chi connectivity index (χ1v) is 10.6. The molecule has 7 nitrogen and oxygen atoms in total. The van der Waals surface area contributed by atoms with Crippen molar-refractivity contribution in [1.82, 2.24) is 15.1 Å². The lowest BCUT2D eigenvalue weighted by Gasteiger charge is -2.09. The average molecular weight is 458 g/mol. The van der Waals surface area contributed by atoms with Crippen molar-refractivity contribution >= 4 is 17.5 Å². The molecule has 0 spiro atoms. The zero-order valence-corrected chi connectivity index (χ0v) is 18.7. The first-order valence-electron chi connectivity index (χ1n) is 10.6. The topological polar surface area (TPSA) is 85.2 Å². The van der Waals surface area contributed by atoms with Crippen molar-refractivity contribution in [2.45, 2.75) is 13.5 Å². The number of nitrogens with one attached hydrogen (secondary N) is 2. The van der Waals surface area contributed by atoms with Crippen molar-refractivity contribution in [3.05, 3.63) is 107 Å². The molecule has 2 amide bonds. The monoisotopic (exact) mass is 458 g/mol. The summed E-state index contributed by atoms with van der Waals surface area (Å²) in [5, 5.41) is 9.94. The van der Waals surface area contributed by atoms with Gasteiger partial charge in [-0.1, -0.05) is 24.3 Å². The molecular weight excluding hydrogens is 435 g/mol. The molecule has 0 bridgehead atoms. The molecule has 4 rings (SSSR count). The second-order valence-electron chi connectivity index (χ2n) is 7.67. The van der Waals surface area contributed by atoms with Crippen LogP contribution >= 0.6 is 0 Å². The van der Waals surface area contributed by atoms with Crippen LogP contribution in [-0.4, -0.2) is 28.7 Å². The minimum atomic E-state index is -0.479. The predicted octanol–water partition coefficient (Wildman–Crippen LogP) is 4.51. The lowest BCUT2D eigenvalue weighted by atomic mass is 10.1. The van der Waals surface area contributed by atoms with Gasteiger partial charge in [-0.25, -0.2) is 9.07 Å². The summed E-state index contributed by atoms with van der Waals surface area (Å²) in [5.74, 6) is -0.581. The zero-order chi connectivity index (χ0) is 24.1. The number of rotatable bonds is 7. The number of methoxy groups -OCH3 is 1. The summed E-state index contributed by atoms with van der Waals surface area (Å²) in [5.41, 5.74) is 3.59. The number of aromatic nitrogens is 2. The molecule has 34 heavy (non-hydrogen) atoms. The number of hydrogen-bond donors (Lipinski definition) is 2. The van der Waals surface area contributed by atoms with Gasteiger partial charge in [0.15, 0.2) is 5.69 Å². The van der Waals surface area contributed by atoms with Crippen LogP contribution in [-0.2, 0) is 6.54 Å². The second kappa shape index (κ2) is 9.99. The van der Waals surface area contributed by atoms with Gasteiger partial charge in [0.1, 0.15) is 17.3 Å². The number of nitrogens with zero attached hydrogens (tertiary/aromatic N) is 2. The average Bonchev–Trinajstić information content (AvgIpc) is 3.33. The van der Waals surface area contributed by atoms with Crippen LogP contribution in [0.3, 0.4) is 0 Å². The molecule has 0 radical (unpaired) electrons. The van der Waals surface area contributed by atoms with Gasteiger partial charge in [-0.3, -0.25) is 9.59 Å². The van der Waals surface area contributed by atoms with Gasteiger partial charge in [0, 0.05) is 24.0 Å². The van der Waals surface area contributed by atoms with Crippen LogP contribution < -0.4 is 15.4 Å². The van der Waals surface area contributed by atoms with Gasteiger partial charge in [-0.05, 0) is 66.6 Å². The summed E-state index contributed by atoms with van der Waals surface area (Å²) in [6, 6.07) is 19.9. The van der Waals surface area contributed by atoms with E-state index in [9.17, 15) is 14.0 Å². The molecule has 3 aromatic carbocycles. The SMILES string of the molecule is COc1ccc(C)cc1-n1ccc(C(=O)NCc2cccc(NC(=O)c3cccc(F)c3)c2)n1. The summed E-state index contributed by atoms with van der Waals surface area (Å²) >= 11 is 0. The van der Waals surface area contributed by atoms with Crippen LogP contribution in [0.15, 0.2) is 79.0 Å². The molecule has 0 saturated carbocycles. The number of benzene rings is 3. The lowest BCUT2D eigenvalue weighted by molar-refractivity contribution is 0.0944. The largest absolute Gasteiger partial charge is 0.494 e. The molecule has 0 aliphatic rings. The van der Waals surface area contributed by atoms with E-state index in [1.807, 2.05) is 31.2 Å². The van der Waals surface area contributed by atoms with Gasteiger partial charge in [0.25, 0.3) is 11.8 Å². The number of hydrogen-bond acceptors (Lipinski definition) is 4. The summed E-state index contributed by atoms with van der Waals surface area (Å²) in [4.78, 5) is 25.0. The van der Waals surface area contributed by atoms with E-state index < -0.39 is 11.7 Å². The molecule has 4 aromatic rings. The minimum absolute atomic E-state index is 0.222. The number of carbonyl (C=O) groups excluding carboxylic acids is 2. The maximum absolute atomic E-state index is 13.4. The Kier molecular flexibility index (Phi) is 6.68. The fourth-order valence-electron chi connectivity index (χ4n) is 3.42. The van der Waals surface area contributed by atoms with Crippen LogP contribution in [0.5, 0.6) is 5.75 Å². The van der Waals surface area contributed by atoms with Gasteiger partial charge in [0.2, 0.25) is 0 Å². The first kappa shape index (κ1) is 22.7. The highest BCUT2D eigenvalue weighted by Gasteiger charge is 2.13. The Hall–Kier alpha value is -4.46. The molecule has 0 unspecified atom stereocenters. The second-order valence-corrected chi connectivity index (χ2v) is 7.67. The Labute approximate surface area is 196 Å². The summed E-state index contributed by atoms with van der Waals surface area (Å²) < 4.78 is 20.4. The number of anilines is 1. The van der Waals surface area contributed by atoms with Crippen molar-refractivity contribution in [3.8, 4) is 11.4 Å². The summed E-state index contributed by atoms with van der Waals surface area (Å²) in [6.45, 7) is 2.21. The predicted molar refractivity (Wildman–Crippen MR) is 127 cm³/mol. The Morgan fingerprint density at radius 1 is 1.00 bits per heavy atom. The van der Waals surface area contributed by atoms with Gasteiger partial charge in [-0.2, -0.15) is 5.10 Å². The number of halogens is 1. The van der Waals surface area contributed by atoms with Gasteiger partial charge in [-0.15, -0.1) is 0 Å². The van der Waals surface area contributed by atoms with E-state index in [1.165, 1.54) is 24.3 Å². The van der Waals surface area contributed by atoms with Crippen molar-refractivity contribution in [2.75, 3.05) is 12.4 Å². The molecular formula is C26H23FN4O3. The number of ether oxygens (including phenoxy) is 1. The van der Waals surface area contributed by atoms with Crippen LogP contribution in [0.1, 0.15) is 32.0 Å². The highest BCUT2D eigenvalue weighted by molar-refractivity contribution is 6.04.